The second-order valence-electron chi connectivity index (χ2n) is 5.74. The summed E-state index contributed by atoms with van der Waals surface area (Å²) in [6, 6.07) is 12.7. The molecule has 5 nitrogen and oxygen atoms in total. The van der Waals surface area contributed by atoms with Crippen LogP contribution in [0, 0.1) is 0 Å². The van der Waals surface area contributed by atoms with Crippen molar-refractivity contribution in [2.45, 2.75) is 25.3 Å². The minimum atomic E-state index is 0.278. The van der Waals surface area contributed by atoms with Gasteiger partial charge in [-0.05, 0) is 36.5 Å². The third-order valence-electron chi connectivity index (χ3n) is 4.36. The summed E-state index contributed by atoms with van der Waals surface area (Å²) in [4.78, 5) is 13.1. The van der Waals surface area contributed by atoms with Crippen LogP contribution < -0.4 is 10.1 Å². The van der Waals surface area contributed by atoms with Crippen molar-refractivity contribution in [2.24, 2.45) is 0 Å². The number of anilines is 1. The van der Waals surface area contributed by atoms with Crippen LogP contribution in [0.5, 0.6) is 5.88 Å². The van der Waals surface area contributed by atoms with Crippen LogP contribution >= 0.6 is 0 Å². The monoisotopic (exact) mass is 306 g/mol. The Kier molecular flexibility index (Phi) is 3.54. The van der Waals surface area contributed by atoms with Crippen molar-refractivity contribution in [1.82, 2.24) is 15.0 Å². The first-order valence-corrected chi connectivity index (χ1v) is 7.85. The van der Waals surface area contributed by atoms with Gasteiger partial charge in [0.2, 0.25) is 5.88 Å². The van der Waals surface area contributed by atoms with Crippen molar-refractivity contribution in [3.63, 3.8) is 0 Å². The predicted octanol–water partition coefficient (Wildman–Crippen LogP) is 3.52. The Hall–Kier alpha value is -2.69. The minimum Gasteiger partial charge on any atom is -0.481 e. The molecule has 1 atom stereocenters. The number of fused-ring (bicyclic) bond motifs is 2. The van der Waals surface area contributed by atoms with Crippen LogP contribution in [0.1, 0.15) is 30.0 Å². The average molecular weight is 306 g/mol. The Morgan fingerprint density at radius 1 is 1.13 bits per heavy atom. The summed E-state index contributed by atoms with van der Waals surface area (Å²) >= 11 is 0. The zero-order chi connectivity index (χ0) is 15.6. The predicted molar refractivity (Wildman–Crippen MR) is 89.6 cm³/mol. The largest absolute Gasteiger partial charge is 0.481 e. The van der Waals surface area contributed by atoms with Crippen LogP contribution in [0.15, 0.2) is 42.7 Å². The van der Waals surface area contributed by atoms with Gasteiger partial charge in [-0.1, -0.05) is 24.3 Å². The Labute approximate surface area is 134 Å². The van der Waals surface area contributed by atoms with E-state index in [1.807, 2.05) is 12.1 Å². The molecule has 0 aliphatic heterocycles. The van der Waals surface area contributed by atoms with Gasteiger partial charge in [0.25, 0.3) is 0 Å². The van der Waals surface area contributed by atoms with Gasteiger partial charge < -0.3 is 10.1 Å². The van der Waals surface area contributed by atoms with Gasteiger partial charge in [0.05, 0.1) is 18.5 Å². The van der Waals surface area contributed by atoms with E-state index in [0.29, 0.717) is 11.5 Å². The van der Waals surface area contributed by atoms with Crippen LogP contribution in [0.3, 0.4) is 0 Å². The van der Waals surface area contributed by atoms with E-state index in [1.54, 1.807) is 13.4 Å². The van der Waals surface area contributed by atoms with Gasteiger partial charge in [0, 0.05) is 6.07 Å². The van der Waals surface area contributed by atoms with E-state index in [4.69, 9.17) is 4.74 Å². The zero-order valence-corrected chi connectivity index (χ0v) is 13.0. The number of ether oxygens (including phenoxy) is 1. The number of benzene rings is 1. The number of nitrogens with zero attached hydrogens (tertiary/aromatic N) is 3. The van der Waals surface area contributed by atoms with E-state index in [2.05, 4.69) is 44.5 Å². The zero-order valence-electron chi connectivity index (χ0n) is 13.0. The number of methoxy groups -OCH3 is 1. The third kappa shape index (κ3) is 2.59. The number of hydrogen-bond acceptors (Lipinski definition) is 5. The fraction of sp³-hybridized carbons (Fsp3) is 0.278. The van der Waals surface area contributed by atoms with E-state index >= 15 is 0 Å². The highest BCUT2D eigenvalue weighted by Gasteiger charge is 2.20. The number of rotatable bonds is 3. The SMILES string of the molecule is COc1ccc2c(NC3CCCc4ccccc43)ncnc2n1. The highest BCUT2D eigenvalue weighted by Crippen LogP contribution is 2.33. The van der Waals surface area contributed by atoms with Gasteiger partial charge in [-0.15, -0.1) is 0 Å². The number of pyridine rings is 1. The van der Waals surface area contributed by atoms with E-state index in [9.17, 15) is 0 Å². The normalized spacial score (nSPS) is 16.8. The molecule has 116 valence electrons. The lowest BCUT2D eigenvalue weighted by molar-refractivity contribution is 0.399. The topological polar surface area (TPSA) is 59.9 Å². The second kappa shape index (κ2) is 5.83. The Morgan fingerprint density at radius 3 is 2.96 bits per heavy atom. The van der Waals surface area contributed by atoms with Crippen molar-refractivity contribution < 1.29 is 4.74 Å². The maximum atomic E-state index is 5.17. The van der Waals surface area contributed by atoms with Crippen molar-refractivity contribution in [3.8, 4) is 5.88 Å². The molecule has 5 heteroatoms. The number of hydrogen-bond donors (Lipinski definition) is 1. The van der Waals surface area contributed by atoms with Crippen LogP contribution in [0.25, 0.3) is 11.0 Å². The smallest absolute Gasteiger partial charge is 0.215 e. The van der Waals surface area contributed by atoms with Gasteiger partial charge in [-0.3, -0.25) is 0 Å². The summed E-state index contributed by atoms with van der Waals surface area (Å²) in [5, 5.41) is 4.50. The summed E-state index contributed by atoms with van der Waals surface area (Å²) in [5.74, 6) is 1.39. The quantitative estimate of drug-likeness (QED) is 0.802. The molecule has 0 radical (unpaired) electrons. The molecular weight excluding hydrogens is 288 g/mol. The lowest BCUT2D eigenvalue weighted by Gasteiger charge is -2.27. The third-order valence-corrected chi connectivity index (χ3v) is 4.36. The number of aromatic nitrogens is 3. The van der Waals surface area contributed by atoms with Crippen molar-refractivity contribution >= 4 is 16.9 Å². The minimum absolute atomic E-state index is 0.278. The highest BCUT2D eigenvalue weighted by atomic mass is 16.5. The molecule has 1 N–H and O–H groups in total. The van der Waals surface area contributed by atoms with E-state index < -0.39 is 0 Å². The first-order valence-electron chi connectivity index (χ1n) is 7.85. The molecule has 0 saturated carbocycles. The maximum Gasteiger partial charge on any atom is 0.215 e. The molecule has 0 bridgehead atoms. The molecule has 1 unspecified atom stereocenters. The highest BCUT2D eigenvalue weighted by molar-refractivity contribution is 5.86. The van der Waals surface area contributed by atoms with Crippen LogP contribution in [0.2, 0.25) is 0 Å². The molecule has 2 heterocycles. The molecule has 0 saturated heterocycles. The molecule has 1 aromatic carbocycles. The average Bonchev–Trinajstić information content (AvgIpc) is 2.62. The van der Waals surface area contributed by atoms with Gasteiger partial charge in [0.1, 0.15) is 12.1 Å². The molecule has 0 amide bonds. The Balaban J connectivity index is 1.71. The fourth-order valence-corrected chi connectivity index (χ4v) is 3.22. The van der Waals surface area contributed by atoms with Crippen LogP contribution in [-0.2, 0) is 6.42 Å². The number of nitrogens with one attached hydrogen (secondary N) is 1. The first kappa shape index (κ1) is 13.9. The van der Waals surface area contributed by atoms with Gasteiger partial charge in [-0.2, -0.15) is 4.98 Å². The molecule has 4 rings (SSSR count). The Bertz CT molecular complexity index is 849. The number of aryl methyl sites for hydroxylation is 1. The van der Waals surface area contributed by atoms with Crippen molar-refractivity contribution in [2.75, 3.05) is 12.4 Å². The lowest BCUT2D eigenvalue weighted by Crippen LogP contribution is -2.18. The second-order valence-corrected chi connectivity index (χ2v) is 5.74. The maximum absolute atomic E-state index is 5.17. The molecule has 3 aromatic rings. The fourth-order valence-electron chi connectivity index (χ4n) is 3.22. The summed E-state index contributed by atoms with van der Waals surface area (Å²) in [5.41, 5.74) is 3.44. The molecule has 23 heavy (non-hydrogen) atoms. The van der Waals surface area contributed by atoms with Crippen LogP contribution in [-0.4, -0.2) is 22.1 Å². The van der Waals surface area contributed by atoms with E-state index in [1.165, 1.54) is 17.5 Å². The summed E-state index contributed by atoms with van der Waals surface area (Å²) < 4.78 is 5.17. The van der Waals surface area contributed by atoms with Crippen molar-refractivity contribution in [1.29, 1.82) is 0 Å². The van der Waals surface area contributed by atoms with Gasteiger partial charge >= 0.3 is 0 Å². The molecule has 0 fully saturated rings. The van der Waals surface area contributed by atoms with Crippen LogP contribution in [0.4, 0.5) is 5.82 Å². The summed E-state index contributed by atoms with van der Waals surface area (Å²) in [6.07, 6.45) is 4.99. The summed E-state index contributed by atoms with van der Waals surface area (Å²) in [6.45, 7) is 0. The molecular formula is C18H18N4O. The first-order chi connectivity index (χ1) is 11.3. The summed E-state index contributed by atoms with van der Waals surface area (Å²) in [7, 11) is 1.60. The Morgan fingerprint density at radius 2 is 2.04 bits per heavy atom. The van der Waals surface area contributed by atoms with E-state index in [0.717, 1.165) is 24.0 Å². The molecule has 2 aromatic heterocycles. The molecule has 1 aliphatic rings. The van der Waals surface area contributed by atoms with Gasteiger partial charge in [-0.25, -0.2) is 9.97 Å². The standard InChI is InChI=1S/C18H18N4O/c1-23-16-10-9-14-17(19-11-20-18(14)22-16)21-15-8-4-6-12-5-2-3-7-13(12)15/h2-3,5,7,9-11,15H,4,6,8H2,1H3,(H,19,20,21,22). The molecule has 1 aliphatic carbocycles. The molecule has 0 spiro atoms. The van der Waals surface area contributed by atoms with Crippen molar-refractivity contribution in [3.05, 3.63) is 53.9 Å². The van der Waals surface area contributed by atoms with Gasteiger partial charge in [0.15, 0.2) is 5.65 Å². The lowest BCUT2D eigenvalue weighted by atomic mass is 9.88. The van der Waals surface area contributed by atoms with E-state index in [-0.39, 0.29) is 6.04 Å².